The van der Waals surface area contributed by atoms with Crippen LogP contribution < -0.4 is 5.32 Å². The van der Waals surface area contributed by atoms with Gasteiger partial charge in [-0.1, -0.05) is 0 Å². The van der Waals surface area contributed by atoms with Gasteiger partial charge in [-0.15, -0.1) is 0 Å². The second kappa shape index (κ2) is 5.13. The molecule has 0 amide bonds. The van der Waals surface area contributed by atoms with Gasteiger partial charge < -0.3 is 10.1 Å². The third kappa shape index (κ3) is 3.42. The Morgan fingerprint density at radius 3 is 2.71 bits per heavy atom. The van der Waals surface area contributed by atoms with Crippen molar-refractivity contribution in [3.8, 4) is 0 Å². The highest BCUT2D eigenvalue weighted by molar-refractivity contribution is 7.90. The van der Waals surface area contributed by atoms with Crippen LogP contribution in [-0.2, 0) is 19.4 Å². The second-order valence-corrected chi connectivity index (χ2v) is 5.50. The third-order valence-corrected chi connectivity index (χ3v) is 3.21. The monoisotopic (exact) mass is 258 g/mol. The maximum absolute atomic E-state index is 11.5. The summed E-state index contributed by atoms with van der Waals surface area (Å²) in [5, 5.41) is 2.70. The number of ether oxygens (including phenoxy) is 1. The fourth-order valence-electron chi connectivity index (χ4n) is 1.24. The largest absolute Gasteiger partial charge is 0.467 e. The van der Waals surface area contributed by atoms with Crippen LogP contribution in [0.2, 0.25) is 0 Å². The van der Waals surface area contributed by atoms with Crippen molar-refractivity contribution in [3.05, 3.63) is 18.3 Å². The molecule has 17 heavy (non-hydrogen) atoms. The average molecular weight is 258 g/mol. The number of hydrogen-bond acceptors (Lipinski definition) is 6. The molecular weight excluding hydrogens is 244 g/mol. The third-order valence-electron chi connectivity index (χ3n) is 2.08. The predicted octanol–water partition coefficient (Wildman–Crippen LogP) is 0.458. The molecule has 0 saturated carbocycles. The Morgan fingerprint density at radius 1 is 1.53 bits per heavy atom. The van der Waals surface area contributed by atoms with Crippen molar-refractivity contribution >= 4 is 21.6 Å². The van der Waals surface area contributed by atoms with Crippen molar-refractivity contribution in [3.63, 3.8) is 0 Å². The number of nitrogens with zero attached hydrogens (tertiary/aromatic N) is 1. The number of anilines is 1. The Labute approximate surface area is 99.9 Å². The minimum Gasteiger partial charge on any atom is -0.467 e. The van der Waals surface area contributed by atoms with Crippen LogP contribution >= 0.6 is 0 Å². The second-order valence-electron chi connectivity index (χ2n) is 3.51. The normalized spacial score (nSPS) is 12.9. The smallest absolute Gasteiger partial charge is 0.328 e. The summed E-state index contributed by atoms with van der Waals surface area (Å²) in [6.07, 6.45) is 2.53. The van der Waals surface area contributed by atoms with Crippen molar-refractivity contribution in [1.82, 2.24) is 4.98 Å². The highest BCUT2D eigenvalue weighted by Gasteiger charge is 2.19. The lowest BCUT2D eigenvalue weighted by Crippen LogP contribution is -2.28. The molecule has 0 bridgehead atoms. The fourth-order valence-corrected chi connectivity index (χ4v) is 2.03. The molecule has 0 aliphatic rings. The number of carbonyl (C=O) groups excluding carboxylic acids is 1. The molecule has 1 aromatic heterocycles. The van der Waals surface area contributed by atoms with Crippen LogP contribution in [0.1, 0.15) is 6.92 Å². The van der Waals surface area contributed by atoms with E-state index in [0.717, 1.165) is 6.26 Å². The van der Waals surface area contributed by atoms with Gasteiger partial charge in [0.1, 0.15) is 16.8 Å². The lowest BCUT2D eigenvalue weighted by molar-refractivity contribution is -0.141. The highest BCUT2D eigenvalue weighted by atomic mass is 32.2. The van der Waals surface area contributed by atoms with Crippen LogP contribution in [0.4, 0.5) is 5.82 Å². The number of sulfone groups is 1. The van der Waals surface area contributed by atoms with Gasteiger partial charge in [0.05, 0.1) is 7.11 Å². The molecule has 1 unspecified atom stereocenters. The van der Waals surface area contributed by atoms with E-state index >= 15 is 0 Å². The highest BCUT2D eigenvalue weighted by Crippen LogP contribution is 2.18. The van der Waals surface area contributed by atoms with Gasteiger partial charge in [0.25, 0.3) is 0 Å². The number of nitrogens with one attached hydrogen (secondary N) is 1. The van der Waals surface area contributed by atoms with Crippen LogP contribution in [-0.4, -0.2) is 38.8 Å². The maximum atomic E-state index is 11.5. The number of esters is 1. The molecule has 0 radical (unpaired) electrons. The first-order valence-corrected chi connectivity index (χ1v) is 6.75. The minimum absolute atomic E-state index is 0.0516. The molecule has 1 aromatic rings. The van der Waals surface area contributed by atoms with E-state index in [9.17, 15) is 13.2 Å². The zero-order chi connectivity index (χ0) is 13.1. The van der Waals surface area contributed by atoms with Gasteiger partial charge in [-0.2, -0.15) is 0 Å². The van der Waals surface area contributed by atoms with E-state index in [1.807, 2.05) is 0 Å². The molecule has 1 N–H and O–H groups in total. The van der Waals surface area contributed by atoms with E-state index in [1.54, 1.807) is 6.92 Å². The summed E-state index contributed by atoms with van der Waals surface area (Å²) in [6, 6.07) is 2.27. The lowest BCUT2D eigenvalue weighted by atomic mass is 10.3. The summed E-state index contributed by atoms with van der Waals surface area (Å²) < 4.78 is 27.5. The number of methoxy groups -OCH3 is 1. The first-order chi connectivity index (χ1) is 7.86. The fraction of sp³-hybridized carbons (Fsp3) is 0.400. The number of aromatic nitrogens is 1. The molecule has 7 heteroatoms. The van der Waals surface area contributed by atoms with Crippen LogP contribution in [0, 0.1) is 0 Å². The first-order valence-electron chi connectivity index (χ1n) is 4.85. The van der Waals surface area contributed by atoms with Gasteiger partial charge in [0.15, 0.2) is 9.84 Å². The summed E-state index contributed by atoms with van der Waals surface area (Å²) in [4.78, 5) is 15.2. The van der Waals surface area contributed by atoms with E-state index in [4.69, 9.17) is 0 Å². The van der Waals surface area contributed by atoms with Crippen molar-refractivity contribution in [2.75, 3.05) is 18.7 Å². The summed E-state index contributed by atoms with van der Waals surface area (Å²) in [5.41, 5.74) is 0. The molecule has 0 aliphatic carbocycles. The SMILES string of the molecule is COC(=O)C(C)Nc1ncccc1S(C)(=O)=O. The van der Waals surface area contributed by atoms with Crippen molar-refractivity contribution in [1.29, 1.82) is 0 Å². The van der Waals surface area contributed by atoms with E-state index in [0.29, 0.717) is 0 Å². The van der Waals surface area contributed by atoms with Gasteiger partial charge >= 0.3 is 5.97 Å². The van der Waals surface area contributed by atoms with E-state index in [2.05, 4.69) is 15.0 Å². The molecule has 1 heterocycles. The summed E-state index contributed by atoms with van der Waals surface area (Å²) in [7, 11) is -2.13. The van der Waals surface area contributed by atoms with Crippen molar-refractivity contribution in [2.45, 2.75) is 17.9 Å². The standard InChI is InChI=1S/C10H14N2O4S/c1-7(10(13)16-2)12-9-8(17(3,14)15)5-4-6-11-9/h4-7H,1-3H3,(H,11,12). The summed E-state index contributed by atoms with van der Waals surface area (Å²) >= 11 is 0. The van der Waals surface area contributed by atoms with Crippen molar-refractivity contribution in [2.24, 2.45) is 0 Å². The van der Waals surface area contributed by atoms with Crippen molar-refractivity contribution < 1.29 is 17.9 Å². The molecular formula is C10H14N2O4S. The first kappa shape index (κ1) is 13.4. The van der Waals surface area contributed by atoms with Crippen LogP contribution in [0.5, 0.6) is 0 Å². The molecule has 0 aromatic carbocycles. The quantitative estimate of drug-likeness (QED) is 0.790. The lowest BCUT2D eigenvalue weighted by Gasteiger charge is -2.14. The molecule has 0 saturated heterocycles. The Bertz CT molecular complexity index is 513. The van der Waals surface area contributed by atoms with E-state index in [1.165, 1.54) is 25.4 Å². The molecule has 0 fully saturated rings. The Hall–Kier alpha value is -1.63. The van der Waals surface area contributed by atoms with Gasteiger partial charge in [0.2, 0.25) is 0 Å². The summed E-state index contributed by atoms with van der Waals surface area (Å²) in [6.45, 7) is 1.56. The van der Waals surface area contributed by atoms with Gasteiger partial charge in [-0.25, -0.2) is 18.2 Å². The number of pyridine rings is 1. The number of hydrogen-bond donors (Lipinski definition) is 1. The molecule has 1 rings (SSSR count). The molecule has 6 nitrogen and oxygen atoms in total. The van der Waals surface area contributed by atoms with Gasteiger partial charge in [-0.05, 0) is 19.1 Å². The van der Waals surface area contributed by atoms with E-state index in [-0.39, 0.29) is 10.7 Å². The van der Waals surface area contributed by atoms with Crippen LogP contribution in [0.25, 0.3) is 0 Å². The van der Waals surface area contributed by atoms with E-state index < -0.39 is 21.8 Å². The van der Waals surface area contributed by atoms with Gasteiger partial charge in [-0.3, -0.25) is 0 Å². The molecule has 0 aliphatic heterocycles. The van der Waals surface area contributed by atoms with Gasteiger partial charge in [0, 0.05) is 12.5 Å². The minimum atomic E-state index is -3.39. The Balaban J connectivity index is 3.04. The zero-order valence-electron chi connectivity index (χ0n) is 9.80. The predicted molar refractivity (Wildman–Crippen MR) is 62.4 cm³/mol. The van der Waals surface area contributed by atoms with Crippen LogP contribution in [0.15, 0.2) is 23.2 Å². The zero-order valence-corrected chi connectivity index (χ0v) is 10.6. The Kier molecular flexibility index (Phi) is 4.06. The average Bonchev–Trinajstić information content (AvgIpc) is 2.27. The maximum Gasteiger partial charge on any atom is 0.328 e. The topological polar surface area (TPSA) is 85.4 Å². The number of rotatable bonds is 4. The number of carbonyl (C=O) groups is 1. The Morgan fingerprint density at radius 2 is 2.18 bits per heavy atom. The molecule has 94 valence electrons. The molecule has 0 spiro atoms. The molecule has 1 atom stereocenters. The van der Waals surface area contributed by atoms with Crippen LogP contribution in [0.3, 0.4) is 0 Å². The summed E-state index contributed by atoms with van der Waals surface area (Å²) in [5.74, 6) is -0.344.